The Morgan fingerprint density at radius 2 is 1.31 bits per heavy atom. The number of para-hydroxylation sites is 1. The third-order valence-corrected chi connectivity index (χ3v) is 16.3. The highest BCUT2D eigenvalue weighted by atomic mass is 32.1. The van der Waals surface area contributed by atoms with E-state index >= 15 is 0 Å². The number of thiophene rings is 1. The van der Waals surface area contributed by atoms with Crippen LogP contribution >= 0.6 is 22.7 Å². The van der Waals surface area contributed by atoms with E-state index < -0.39 is 0 Å². The van der Waals surface area contributed by atoms with Gasteiger partial charge >= 0.3 is 6.85 Å². The van der Waals surface area contributed by atoms with Gasteiger partial charge in [-0.3, -0.25) is 0 Å². The minimum absolute atomic E-state index is 0.0154. The Kier molecular flexibility index (Phi) is 7.20. The van der Waals surface area contributed by atoms with Gasteiger partial charge in [0.2, 0.25) is 0 Å². The summed E-state index contributed by atoms with van der Waals surface area (Å²) in [4.78, 5) is 8.06. The van der Waals surface area contributed by atoms with Crippen LogP contribution in [0.2, 0.25) is 0 Å². The van der Waals surface area contributed by atoms with Crippen molar-refractivity contribution in [1.82, 2.24) is 9.55 Å². The van der Waals surface area contributed by atoms with Crippen LogP contribution < -0.4 is 15.7 Å². The summed E-state index contributed by atoms with van der Waals surface area (Å²) in [6.45, 7) is 13.7. The number of furan rings is 1. The van der Waals surface area contributed by atoms with Crippen LogP contribution in [0.1, 0.15) is 52.7 Å². The first-order valence-corrected chi connectivity index (χ1v) is 23.9. The van der Waals surface area contributed by atoms with Gasteiger partial charge in [-0.15, -0.1) is 22.7 Å². The van der Waals surface area contributed by atoms with Gasteiger partial charge in [-0.1, -0.05) is 126 Å². The van der Waals surface area contributed by atoms with Crippen molar-refractivity contribution in [3.63, 3.8) is 0 Å². The van der Waals surface area contributed by atoms with Gasteiger partial charge in [0.25, 0.3) is 0 Å². The van der Waals surface area contributed by atoms with Crippen LogP contribution in [-0.2, 0) is 10.8 Å². The van der Waals surface area contributed by atoms with Crippen molar-refractivity contribution in [3.8, 4) is 27.4 Å². The van der Waals surface area contributed by atoms with E-state index in [2.05, 4.69) is 197 Å². The Labute approximate surface area is 379 Å². The van der Waals surface area contributed by atoms with Crippen molar-refractivity contribution in [2.45, 2.75) is 52.4 Å². The predicted molar refractivity (Wildman–Crippen MR) is 276 cm³/mol. The number of rotatable bonds is 2. The van der Waals surface area contributed by atoms with Crippen molar-refractivity contribution < 1.29 is 4.42 Å². The first-order chi connectivity index (χ1) is 31.0. The molecule has 12 aromatic rings. The molecule has 0 spiro atoms. The maximum Gasteiger partial charge on any atom is 0.333 e. The number of hydrogen-bond donors (Lipinski definition) is 0. The molecule has 6 heterocycles. The molecule has 0 radical (unpaired) electrons. The van der Waals surface area contributed by atoms with Crippen molar-refractivity contribution in [3.05, 3.63) is 157 Å². The quantitative estimate of drug-likeness (QED) is 0.162. The number of hydrogen-bond acceptors (Lipinski definition) is 5. The third-order valence-electron chi connectivity index (χ3n) is 14.1. The third kappa shape index (κ3) is 4.91. The van der Waals surface area contributed by atoms with E-state index in [1.807, 2.05) is 11.3 Å². The van der Waals surface area contributed by atoms with Gasteiger partial charge in [0, 0.05) is 69.9 Å². The highest BCUT2D eigenvalue weighted by Crippen LogP contribution is 2.54. The van der Waals surface area contributed by atoms with Gasteiger partial charge < -0.3 is 13.8 Å². The molecule has 306 valence electrons. The van der Waals surface area contributed by atoms with E-state index in [0.29, 0.717) is 0 Å². The molecule has 4 nitrogen and oxygen atoms in total. The largest absolute Gasteiger partial charge is 0.456 e. The Bertz CT molecular complexity index is 3990. The second kappa shape index (κ2) is 12.5. The van der Waals surface area contributed by atoms with Gasteiger partial charge in [-0.2, -0.15) is 0 Å². The lowest BCUT2D eigenvalue weighted by molar-refractivity contribution is 0.590. The van der Waals surface area contributed by atoms with Gasteiger partial charge in [0.15, 0.2) is 0 Å². The molecule has 64 heavy (non-hydrogen) atoms. The van der Waals surface area contributed by atoms with E-state index in [9.17, 15) is 0 Å². The van der Waals surface area contributed by atoms with Crippen molar-refractivity contribution in [2.24, 2.45) is 0 Å². The molecule has 8 aromatic carbocycles. The van der Waals surface area contributed by atoms with Crippen molar-refractivity contribution in [2.75, 3.05) is 4.81 Å². The Hall–Kier alpha value is -6.67. The summed E-state index contributed by atoms with van der Waals surface area (Å²) in [7, 11) is 0. The molecule has 2 aliphatic rings. The zero-order valence-electron chi connectivity index (χ0n) is 36.5. The maximum absolute atomic E-state index is 6.77. The average Bonchev–Trinajstić information content (AvgIpc) is 4.07. The van der Waals surface area contributed by atoms with Gasteiger partial charge in [-0.05, 0) is 99.1 Å². The second-order valence-electron chi connectivity index (χ2n) is 19.9. The summed E-state index contributed by atoms with van der Waals surface area (Å²) in [5, 5.41) is 8.58. The topological polar surface area (TPSA) is 34.2 Å². The molecule has 0 bridgehead atoms. The molecule has 0 amide bonds. The smallest absolute Gasteiger partial charge is 0.333 e. The average molecular weight is 860 g/mol. The second-order valence-corrected chi connectivity index (χ2v) is 22.0. The van der Waals surface area contributed by atoms with Crippen LogP contribution in [0.3, 0.4) is 0 Å². The minimum Gasteiger partial charge on any atom is -0.456 e. The molecular weight excluding hydrogens is 818 g/mol. The Morgan fingerprint density at radius 3 is 2.11 bits per heavy atom. The summed E-state index contributed by atoms with van der Waals surface area (Å²) >= 11 is 3.73. The van der Waals surface area contributed by atoms with Gasteiger partial charge in [0.05, 0.1) is 21.3 Å². The number of benzene rings is 8. The predicted octanol–water partition coefficient (Wildman–Crippen LogP) is 15.2. The molecule has 0 aliphatic carbocycles. The number of nitrogens with zero attached hydrogens (tertiary/aromatic N) is 3. The van der Waals surface area contributed by atoms with E-state index in [0.717, 1.165) is 43.7 Å². The summed E-state index contributed by atoms with van der Waals surface area (Å²) in [6.07, 6.45) is 0. The number of aromatic nitrogens is 2. The van der Waals surface area contributed by atoms with Crippen LogP contribution in [0.15, 0.2) is 150 Å². The fourth-order valence-electron chi connectivity index (χ4n) is 11.0. The summed E-state index contributed by atoms with van der Waals surface area (Å²) in [5.41, 5.74) is 17.8. The Morgan fingerprint density at radius 1 is 0.578 bits per heavy atom. The minimum atomic E-state index is -0.163. The van der Waals surface area contributed by atoms with Crippen LogP contribution in [0.4, 0.5) is 11.4 Å². The lowest BCUT2D eigenvalue weighted by atomic mass is 9.43. The fraction of sp³-hybridized carbons (Fsp3) is 0.140. The first-order valence-electron chi connectivity index (χ1n) is 22.3. The lowest BCUT2D eigenvalue weighted by Gasteiger charge is -2.42. The van der Waals surface area contributed by atoms with E-state index in [-0.39, 0.29) is 17.7 Å². The van der Waals surface area contributed by atoms with E-state index in [1.165, 1.54) is 91.2 Å². The zero-order chi connectivity index (χ0) is 43.0. The maximum atomic E-state index is 6.77. The van der Waals surface area contributed by atoms with E-state index in [4.69, 9.17) is 9.40 Å². The van der Waals surface area contributed by atoms with Crippen LogP contribution in [0, 0.1) is 0 Å². The molecule has 14 rings (SSSR count). The molecular formula is C57H42BN3OS2. The van der Waals surface area contributed by atoms with Gasteiger partial charge in [-0.25, -0.2) is 4.98 Å². The standard InChI is InChI=1S/C57H42BN3OS2/c1-56(2,3)32-20-23-34(24-21-32)61-43-27-37-35-16-10-12-18-45(35)62-46(37)28-39(43)49-50-36-17-11-13-19-47(36)63-54(50)51-38-26-33(57(4,5)6)22-25-42(38)60-44-30-48-41(29-40(44)58(61)52(49)53(51)60)59-55(64-48)31-14-8-7-9-15-31/h7-30H,1-6H3. The molecule has 0 N–H and O–H groups in total. The van der Waals surface area contributed by atoms with Crippen LogP contribution in [0.5, 0.6) is 0 Å². The van der Waals surface area contributed by atoms with E-state index in [1.54, 1.807) is 11.3 Å². The number of thiazole rings is 1. The molecule has 0 atom stereocenters. The van der Waals surface area contributed by atoms with Crippen LogP contribution in [0.25, 0.3) is 102 Å². The molecule has 4 aromatic heterocycles. The molecule has 0 saturated carbocycles. The Balaban J connectivity index is 1.21. The van der Waals surface area contributed by atoms with Gasteiger partial charge in [0.1, 0.15) is 16.2 Å². The number of fused-ring (bicyclic) bond motifs is 17. The molecule has 0 saturated heterocycles. The highest BCUT2D eigenvalue weighted by molar-refractivity contribution is 7.27. The normalized spacial score (nSPS) is 13.7. The van der Waals surface area contributed by atoms with Crippen molar-refractivity contribution >= 4 is 126 Å². The zero-order valence-corrected chi connectivity index (χ0v) is 38.1. The van der Waals surface area contributed by atoms with Crippen LogP contribution in [-0.4, -0.2) is 16.4 Å². The fourth-order valence-corrected chi connectivity index (χ4v) is 13.2. The summed E-state index contributed by atoms with van der Waals surface area (Å²) in [5.74, 6) is 0. The first kappa shape index (κ1) is 36.8. The molecule has 0 unspecified atom stereocenters. The molecule has 0 fully saturated rings. The summed E-state index contributed by atoms with van der Waals surface area (Å²) < 4.78 is 13.2. The SMILES string of the molecule is CC(C)(C)c1ccc(N2B3c4cc5nc(-c6ccccc6)sc5cc4-n4c5ccc(C(C)(C)C)cc5c5c6sc7ccccc7c6c(c3c54)-c3cc4oc5ccccc5c4cc32)cc1. The highest BCUT2D eigenvalue weighted by Gasteiger charge is 2.46. The summed E-state index contributed by atoms with van der Waals surface area (Å²) in [6, 6.07) is 54.5. The van der Waals surface area contributed by atoms with Crippen molar-refractivity contribution in [1.29, 1.82) is 0 Å². The number of anilines is 2. The lowest BCUT2D eigenvalue weighted by Crippen LogP contribution is -2.60. The molecule has 7 heteroatoms. The monoisotopic (exact) mass is 859 g/mol. The molecule has 2 aliphatic heterocycles.